The van der Waals surface area contributed by atoms with Gasteiger partial charge in [-0.3, -0.25) is 4.79 Å². The second-order valence-electron chi connectivity index (χ2n) is 6.33. The number of nitrogen functional groups attached to an aromatic ring is 1. The quantitative estimate of drug-likeness (QED) is 0.650. The van der Waals surface area contributed by atoms with Crippen molar-refractivity contribution in [3.63, 3.8) is 0 Å². The molecule has 0 aliphatic rings. The van der Waals surface area contributed by atoms with Crippen molar-refractivity contribution in [1.29, 1.82) is 5.26 Å². The van der Waals surface area contributed by atoms with E-state index >= 15 is 0 Å². The Kier molecular flexibility index (Phi) is 5.14. The van der Waals surface area contributed by atoms with Gasteiger partial charge >= 0.3 is 0 Å². The van der Waals surface area contributed by atoms with Crippen LogP contribution < -0.4 is 11.2 Å². The zero-order valence-electron chi connectivity index (χ0n) is 14.1. The van der Waals surface area contributed by atoms with Gasteiger partial charge in [0.2, 0.25) is 11.1 Å². The van der Waals surface area contributed by atoms with E-state index in [1.54, 1.807) is 31.2 Å². The molecule has 1 heterocycles. The van der Waals surface area contributed by atoms with Crippen molar-refractivity contribution in [2.75, 3.05) is 11.2 Å². The first-order valence-electron chi connectivity index (χ1n) is 7.41. The molecule has 8 heteroatoms. The molecule has 0 aliphatic carbocycles. The maximum Gasteiger partial charge on any atom is 0.237 e. The van der Waals surface area contributed by atoms with Gasteiger partial charge in [-0.05, 0) is 19.1 Å². The van der Waals surface area contributed by atoms with E-state index < -0.39 is 5.25 Å². The second kappa shape index (κ2) is 6.93. The fraction of sp³-hybridized carbons (Fsp3) is 0.375. The predicted octanol–water partition coefficient (Wildman–Crippen LogP) is 2.28. The molecule has 126 valence electrons. The molecule has 0 bridgehead atoms. The summed E-state index contributed by atoms with van der Waals surface area (Å²) in [7, 11) is 0. The number of para-hydroxylation sites is 1. The van der Waals surface area contributed by atoms with E-state index in [-0.39, 0.29) is 11.3 Å². The van der Waals surface area contributed by atoms with Crippen LogP contribution in [0.1, 0.15) is 39.1 Å². The molecule has 1 amide bonds. The van der Waals surface area contributed by atoms with Gasteiger partial charge in [-0.1, -0.05) is 44.7 Å². The summed E-state index contributed by atoms with van der Waals surface area (Å²) in [5.41, 5.74) is 0.666. The minimum Gasteiger partial charge on any atom is -0.336 e. The molecule has 0 aliphatic heterocycles. The van der Waals surface area contributed by atoms with Crippen molar-refractivity contribution in [1.82, 2.24) is 14.9 Å². The summed E-state index contributed by atoms with van der Waals surface area (Å²) in [6, 6.07) is 8.91. The van der Waals surface area contributed by atoms with Crippen molar-refractivity contribution in [3.05, 3.63) is 35.7 Å². The third kappa shape index (κ3) is 3.86. The number of aromatic nitrogens is 3. The number of nitrogens with zero attached hydrogens (tertiary/aromatic N) is 4. The molecule has 0 saturated heterocycles. The molecule has 24 heavy (non-hydrogen) atoms. The average molecular weight is 344 g/mol. The maximum atomic E-state index is 12.4. The lowest BCUT2D eigenvalue weighted by atomic mass is 9.96. The van der Waals surface area contributed by atoms with E-state index in [9.17, 15) is 4.79 Å². The number of carbonyl (C=O) groups is 1. The van der Waals surface area contributed by atoms with Crippen molar-refractivity contribution in [3.8, 4) is 6.07 Å². The lowest BCUT2D eigenvalue weighted by Gasteiger charge is -2.17. The summed E-state index contributed by atoms with van der Waals surface area (Å²) >= 11 is 1.22. The maximum absolute atomic E-state index is 12.4. The van der Waals surface area contributed by atoms with Crippen LogP contribution in [0, 0.1) is 11.3 Å². The summed E-state index contributed by atoms with van der Waals surface area (Å²) in [5.74, 6) is 6.44. The van der Waals surface area contributed by atoms with Crippen LogP contribution in [0.25, 0.3) is 0 Å². The monoisotopic (exact) mass is 344 g/mol. The molecular weight excluding hydrogens is 324 g/mol. The number of rotatable bonds is 4. The largest absolute Gasteiger partial charge is 0.336 e. The molecular formula is C16H20N6OS. The molecule has 0 saturated carbocycles. The van der Waals surface area contributed by atoms with Gasteiger partial charge in [0, 0.05) is 5.41 Å². The van der Waals surface area contributed by atoms with Crippen LogP contribution in [0.2, 0.25) is 0 Å². The molecule has 1 aromatic carbocycles. The number of hydrogen-bond acceptors (Lipinski definition) is 6. The van der Waals surface area contributed by atoms with Crippen LogP contribution in [-0.2, 0) is 10.2 Å². The van der Waals surface area contributed by atoms with Gasteiger partial charge in [-0.15, -0.1) is 10.2 Å². The molecule has 2 aromatic rings. The Bertz CT molecular complexity index is 787. The Balaban J connectivity index is 2.10. The van der Waals surface area contributed by atoms with Gasteiger partial charge in [-0.2, -0.15) is 5.26 Å². The third-order valence-corrected chi connectivity index (χ3v) is 4.35. The smallest absolute Gasteiger partial charge is 0.237 e. The highest BCUT2D eigenvalue weighted by Crippen LogP contribution is 2.26. The number of nitriles is 1. The number of nitrogens with one attached hydrogen (secondary N) is 1. The molecule has 0 spiro atoms. The fourth-order valence-corrected chi connectivity index (χ4v) is 2.77. The first kappa shape index (κ1) is 17.8. The van der Waals surface area contributed by atoms with Crippen LogP contribution in [-0.4, -0.2) is 26.0 Å². The summed E-state index contributed by atoms with van der Waals surface area (Å²) in [5, 5.41) is 20.0. The lowest BCUT2D eigenvalue weighted by Crippen LogP contribution is -2.26. The lowest BCUT2D eigenvalue weighted by molar-refractivity contribution is -0.115. The summed E-state index contributed by atoms with van der Waals surface area (Å²) in [6.07, 6.45) is 0. The number of anilines is 1. The first-order chi connectivity index (χ1) is 11.2. The van der Waals surface area contributed by atoms with Crippen molar-refractivity contribution in [2.24, 2.45) is 0 Å². The Hall–Kier alpha value is -2.53. The van der Waals surface area contributed by atoms with Gasteiger partial charge in [0.05, 0.1) is 16.5 Å². The van der Waals surface area contributed by atoms with E-state index in [4.69, 9.17) is 11.1 Å². The predicted molar refractivity (Wildman–Crippen MR) is 94.0 cm³/mol. The standard InChI is InChI=1S/C16H20N6OS/c1-10(13(23)19-12-8-6-5-7-11(12)9-17)24-15-21-20-14(22(15)18)16(2,3)4/h5-8,10H,18H2,1-4H3,(H,19,23)/t10-/m1/s1. The van der Waals surface area contributed by atoms with Gasteiger partial charge in [-0.25, -0.2) is 4.68 Å². The minimum atomic E-state index is -0.448. The molecule has 3 N–H and O–H groups in total. The molecule has 1 aromatic heterocycles. The van der Waals surface area contributed by atoms with Crippen LogP contribution in [0.15, 0.2) is 29.4 Å². The molecule has 7 nitrogen and oxygen atoms in total. The van der Waals surface area contributed by atoms with Crippen LogP contribution in [0.5, 0.6) is 0 Å². The SMILES string of the molecule is C[C@@H](Sc1nnc(C(C)(C)C)n1N)C(=O)Nc1ccccc1C#N. The second-order valence-corrected chi connectivity index (χ2v) is 7.64. The molecule has 1 atom stereocenters. The van der Waals surface area contributed by atoms with Gasteiger partial charge in [0.1, 0.15) is 6.07 Å². The minimum absolute atomic E-state index is 0.233. The highest BCUT2D eigenvalue weighted by molar-refractivity contribution is 8.00. The Morgan fingerprint density at radius 2 is 2.04 bits per heavy atom. The number of benzene rings is 1. The summed E-state index contributed by atoms with van der Waals surface area (Å²) in [6.45, 7) is 7.72. The van der Waals surface area contributed by atoms with Gasteiger partial charge < -0.3 is 11.2 Å². The van der Waals surface area contributed by atoms with Crippen molar-refractivity contribution < 1.29 is 4.79 Å². The van der Waals surface area contributed by atoms with Gasteiger partial charge in [0.15, 0.2) is 5.82 Å². The van der Waals surface area contributed by atoms with Crippen LogP contribution in [0.3, 0.4) is 0 Å². The van der Waals surface area contributed by atoms with Crippen molar-refractivity contribution in [2.45, 2.75) is 43.5 Å². The Morgan fingerprint density at radius 3 is 2.62 bits per heavy atom. The topological polar surface area (TPSA) is 110 Å². The van der Waals surface area contributed by atoms with Crippen LogP contribution >= 0.6 is 11.8 Å². The highest BCUT2D eigenvalue weighted by Gasteiger charge is 2.25. The number of nitrogens with two attached hydrogens (primary N) is 1. The highest BCUT2D eigenvalue weighted by atomic mass is 32.2. The molecule has 2 rings (SSSR count). The normalized spacial score (nSPS) is 12.5. The zero-order valence-corrected chi connectivity index (χ0v) is 14.9. The molecule has 0 unspecified atom stereocenters. The first-order valence-corrected chi connectivity index (χ1v) is 8.29. The van der Waals surface area contributed by atoms with E-state index in [1.165, 1.54) is 16.4 Å². The number of thioether (sulfide) groups is 1. The average Bonchev–Trinajstić information content (AvgIpc) is 2.88. The zero-order chi connectivity index (χ0) is 17.9. The summed E-state index contributed by atoms with van der Waals surface area (Å²) in [4.78, 5) is 12.4. The van der Waals surface area contributed by atoms with E-state index in [1.807, 2.05) is 20.8 Å². The van der Waals surface area contributed by atoms with Crippen molar-refractivity contribution >= 4 is 23.4 Å². The van der Waals surface area contributed by atoms with E-state index in [0.717, 1.165) is 0 Å². The molecule has 0 radical (unpaired) electrons. The van der Waals surface area contributed by atoms with E-state index in [0.29, 0.717) is 22.2 Å². The number of hydrogen-bond donors (Lipinski definition) is 2. The fourth-order valence-electron chi connectivity index (χ4n) is 2.00. The Morgan fingerprint density at radius 1 is 1.38 bits per heavy atom. The van der Waals surface area contributed by atoms with E-state index in [2.05, 4.69) is 21.6 Å². The van der Waals surface area contributed by atoms with Crippen LogP contribution in [0.4, 0.5) is 5.69 Å². The third-order valence-electron chi connectivity index (χ3n) is 3.29. The number of carbonyl (C=O) groups excluding carboxylic acids is 1. The number of amides is 1. The summed E-state index contributed by atoms with van der Waals surface area (Å²) < 4.78 is 1.41. The van der Waals surface area contributed by atoms with Gasteiger partial charge in [0.25, 0.3) is 0 Å². The molecule has 0 fully saturated rings. The Labute approximate surface area is 145 Å².